The molecule has 0 radical (unpaired) electrons. The summed E-state index contributed by atoms with van der Waals surface area (Å²) in [6, 6.07) is 10.1. The summed E-state index contributed by atoms with van der Waals surface area (Å²) in [5.41, 5.74) is 1.68. The molecule has 0 aromatic heterocycles. The first-order valence-electron chi connectivity index (χ1n) is 7.24. The number of halogens is 2. The van der Waals surface area contributed by atoms with E-state index in [1.54, 1.807) is 24.3 Å². The second-order valence-electron chi connectivity index (χ2n) is 5.11. The van der Waals surface area contributed by atoms with E-state index in [-0.39, 0.29) is 6.61 Å². The molecule has 0 heterocycles. The molecule has 0 saturated carbocycles. The van der Waals surface area contributed by atoms with Gasteiger partial charge >= 0.3 is 0 Å². The second kappa shape index (κ2) is 8.37. The smallest absolute Gasteiger partial charge is 0.250 e. The van der Waals surface area contributed by atoms with Gasteiger partial charge in [-0.15, -0.1) is 0 Å². The van der Waals surface area contributed by atoms with Gasteiger partial charge in [0.1, 0.15) is 6.61 Å². The number of aliphatic hydroxyl groups is 1. The summed E-state index contributed by atoms with van der Waals surface area (Å²) in [6.45, 7) is -0.378. The van der Waals surface area contributed by atoms with Crippen LogP contribution >= 0.6 is 0 Å². The van der Waals surface area contributed by atoms with Crippen LogP contribution in [-0.2, 0) is 9.53 Å². The molecule has 1 amide bonds. The molecule has 0 bridgehead atoms. The van der Waals surface area contributed by atoms with Crippen LogP contribution in [0.2, 0.25) is 0 Å². The van der Waals surface area contributed by atoms with Gasteiger partial charge in [0.05, 0.1) is 12.6 Å². The first kappa shape index (κ1) is 17.8. The minimum atomic E-state index is -0.931. The number of nitrogens with one attached hydrogen (secondary N) is 2. The van der Waals surface area contributed by atoms with Gasteiger partial charge in [0.25, 0.3) is 0 Å². The zero-order valence-electron chi connectivity index (χ0n) is 13.1. The summed E-state index contributed by atoms with van der Waals surface area (Å²) in [4.78, 5) is 11.2. The highest BCUT2D eigenvalue weighted by Crippen LogP contribution is 2.23. The van der Waals surface area contributed by atoms with E-state index in [0.29, 0.717) is 16.9 Å². The Morgan fingerprint density at radius 3 is 2.58 bits per heavy atom. The fourth-order valence-corrected chi connectivity index (χ4v) is 2.21. The van der Waals surface area contributed by atoms with Crippen molar-refractivity contribution in [1.29, 1.82) is 0 Å². The minimum absolute atomic E-state index is 0.234. The predicted molar refractivity (Wildman–Crippen MR) is 86.8 cm³/mol. The molecule has 0 aliphatic carbocycles. The van der Waals surface area contributed by atoms with Crippen LogP contribution in [0.3, 0.4) is 0 Å². The predicted octanol–water partition coefficient (Wildman–Crippen LogP) is 2.70. The van der Waals surface area contributed by atoms with Gasteiger partial charge in [-0.05, 0) is 35.9 Å². The van der Waals surface area contributed by atoms with E-state index in [1.807, 2.05) is 0 Å². The summed E-state index contributed by atoms with van der Waals surface area (Å²) < 4.78 is 31.7. The van der Waals surface area contributed by atoms with Crippen LogP contribution in [0, 0.1) is 11.6 Å². The number of methoxy groups -OCH3 is 1. The Kier molecular flexibility index (Phi) is 6.22. The summed E-state index contributed by atoms with van der Waals surface area (Å²) in [5, 5.41) is 14.4. The van der Waals surface area contributed by atoms with Gasteiger partial charge in [-0.3, -0.25) is 4.79 Å². The largest absolute Gasteiger partial charge is 0.387 e. The van der Waals surface area contributed by atoms with E-state index < -0.39 is 30.2 Å². The van der Waals surface area contributed by atoms with Gasteiger partial charge < -0.3 is 20.5 Å². The van der Waals surface area contributed by atoms with Crippen molar-refractivity contribution in [3.63, 3.8) is 0 Å². The minimum Gasteiger partial charge on any atom is -0.387 e. The molecular formula is C17H18F2N2O3. The lowest BCUT2D eigenvalue weighted by Gasteiger charge is -2.20. The molecule has 1 unspecified atom stereocenters. The van der Waals surface area contributed by atoms with Gasteiger partial charge in [0.2, 0.25) is 5.91 Å². The summed E-state index contributed by atoms with van der Waals surface area (Å²) in [6.07, 6.45) is 0. The van der Waals surface area contributed by atoms with Crippen LogP contribution in [0.25, 0.3) is 0 Å². The van der Waals surface area contributed by atoms with Gasteiger partial charge in [-0.2, -0.15) is 0 Å². The molecule has 24 heavy (non-hydrogen) atoms. The highest BCUT2D eigenvalue weighted by atomic mass is 19.2. The number of carbonyl (C=O) groups is 1. The van der Waals surface area contributed by atoms with Crippen molar-refractivity contribution in [2.24, 2.45) is 0 Å². The van der Waals surface area contributed by atoms with E-state index in [2.05, 4.69) is 10.6 Å². The van der Waals surface area contributed by atoms with E-state index in [4.69, 9.17) is 9.84 Å². The molecule has 2 aromatic rings. The Morgan fingerprint density at radius 1 is 1.17 bits per heavy atom. The van der Waals surface area contributed by atoms with Gasteiger partial charge in [-0.1, -0.05) is 12.1 Å². The first-order chi connectivity index (χ1) is 11.5. The number of hydrogen-bond acceptors (Lipinski definition) is 4. The number of hydrogen-bond donors (Lipinski definition) is 3. The lowest BCUT2D eigenvalue weighted by Crippen LogP contribution is -2.18. The topological polar surface area (TPSA) is 70.6 Å². The Morgan fingerprint density at radius 2 is 1.92 bits per heavy atom. The molecular weight excluding hydrogens is 318 g/mol. The van der Waals surface area contributed by atoms with E-state index in [1.165, 1.54) is 13.2 Å². The first-order valence-corrected chi connectivity index (χ1v) is 7.24. The maximum absolute atomic E-state index is 13.5. The van der Waals surface area contributed by atoms with Crippen molar-refractivity contribution in [2.75, 3.05) is 31.0 Å². The number of rotatable bonds is 7. The standard InChI is InChI=1S/C17H18F2N2O3/c1-24-10-16(11-5-6-14(18)15(19)7-11)20-12-3-2-4-13(8-12)21-17(23)9-22/h2-8,16,20,22H,9-10H2,1H3,(H,21,23). The average molecular weight is 336 g/mol. The van der Waals surface area contributed by atoms with Crippen molar-refractivity contribution in [2.45, 2.75) is 6.04 Å². The van der Waals surface area contributed by atoms with Crippen molar-refractivity contribution in [1.82, 2.24) is 0 Å². The number of ether oxygens (including phenoxy) is 1. The van der Waals surface area contributed by atoms with Gasteiger partial charge in [0, 0.05) is 18.5 Å². The molecule has 0 aliphatic heterocycles. The average Bonchev–Trinajstić information content (AvgIpc) is 2.57. The van der Waals surface area contributed by atoms with Crippen LogP contribution < -0.4 is 10.6 Å². The fraction of sp³-hybridized carbons (Fsp3) is 0.235. The lowest BCUT2D eigenvalue weighted by molar-refractivity contribution is -0.118. The molecule has 128 valence electrons. The van der Waals surface area contributed by atoms with E-state index in [0.717, 1.165) is 12.1 Å². The Balaban J connectivity index is 2.19. The zero-order valence-corrected chi connectivity index (χ0v) is 13.1. The third kappa shape index (κ3) is 4.74. The van der Waals surface area contributed by atoms with E-state index in [9.17, 15) is 13.6 Å². The number of amides is 1. The number of aliphatic hydroxyl groups excluding tert-OH is 1. The molecule has 7 heteroatoms. The summed E-state index contributed by atoms with van der Waals surface area (Å²) in [7, 11) is 1.51. The molecule has 2 aromatic carbocycles. The van der Waals surface area contributed by atoms with Crippen LogP contribution in [0.15, 0.2) is 42.5 Å². The number of carbonyl (C=O) groups excluding carboxylic acids is 1. The molecule has 0 fully saturated rings. The molecule has 0 saturated heterocycles. The van der Waals surface area contributed by atoms with Crippen LogP contribution in [0.1, 0.15) is 11.6 Å². The molecule has 5 nitrogen and oxygen atoms in total. The van der Waals surface area contributed by atoms with Crippen LogP contribution in [0.5, 0.6) is 0 Å². The molecule has 1 atom stereocenters. The van der Waals surface area contributed by atoms with Crippen molar-refractivity contribution >= 4 is 17.3 Å². The zero-order chi connectivity index (χ0) is 17.5. The Hall–Kier alpha value is -2.51. The quantitative estimate of drug-likeness (QED) is 0.727. The Bertz CT molecular complexity index is 710. The third-order valence-corrected chi connectivity index (χ3v) is 3.31. The van der Waals surface area contributed by atoms with Crippen LogP contribution in [0.4, 0.5) is 20.2 Å². The highest BCUT2D eigenvalue weighted by molar-refractivity contribution is 5.91. The highest BCUT2D eigenvalue weighted by Gasteiger charge is 2.14. The van der Waals surface area contributed by atoms with Gasteiger partial charge in [0.15, 0.2) is 11.6 Å². The summed E-state index contributed by atoms with van der Waals surface area (Å²) in [5.74, 6) is -2.37. The van der Waals surface area contributed by atoms with Gasteiger partial charge in [-0.25, -0.2) is 8.78 Å². The summed E-state index contributed by atoms with van der Waals surface area (Å²) >= 11 is 0. The lowest BCUT2D eigenvalue weighted by atomic mass is 10.1. The maximum Gasteiger partial charge on any atom is 0.250 e. The fourth-order valence-electron chi connectivity index (χ4n) is 2.21. The second-order valence-corrected chi connectivity index (χ2v) is 5.11. The molecule has 2 rings (SSSR count). The van der Waals surface area contributed by atoms with Crippen molar-refractivity contribution in [3.8, 4) is 0 Å². The molecule has 0 spiro atoms. The normalized spacial score (nSPS) is 11.8. The third-order valence-electron chi connectivity index (χ3n) is 3.31. The molecule has 0 aliphatic rings. The number of benzene rings is 2. The molecule has 3 N–H and O–H groups in total. The Labute approximate surface area is 138 Å². The van der Waals surface area contributed by atoms with Crippen molar-refractivity contribution in [3.05, 3.63) is 59.7 Å². The van der Waals surface area contributed by atoms with Crippen LogP contribution in [-0.4, -0.2) is 31.3 Å². The van der Waals surface area contributed by atoms with E-state index >= 15 is 0 Å². The number of anilines is 2. The monoisotopic (exact) mass is 336 g/mol. The maximum atomic E-state index is 13.5. The SMILES string of the molecule is COCC(Nc1cccc(NC(=O)CO)c1)c1ccc(F)c(F)c1. The van der Waals surface area contributed by atoms with Crippen molar-refractivity contribution < 1.29 is 23.4 Å².